The van der Waals surface area contributed by atoms with Gasteiger partial charge in [0.25, 0.3) is 0 Å². The summed E-state index contributed by atoms with van der Waals surface area (Å²) in [6.45, 7) is 1.49. The van der Waals surface area contributed by atoms with E-state index in [-0.39, 0.29) is 18.7 Å². The van der Waals surface area contributed by atoms with Crippen LogP contribution in [-0.4, -0.2) is 54.0 Å². The number of aliphatic carboxylic acids is 1. The Morgan fingerprint density at radius 3 is 2.24 bits per heavy atom. The molecule has 0 saturated carbocycles. The van der Waals surface area contributed by atoms with Gasteiger partial charge in [-0.05, 0) is 13.3 Å². The van der Waals surface area contributed by atoms with Crippen LogP contribution in [-0.2, 0) is 14.4 Å². The summed E-state index contributed by atoms with van der Waals surface area (Å²) in [5, 5.41) is 11.0. The van der Waals surface area contributed by atoms with Crippen LogP contribution in [0.25, 0.3) is 0 Å². The number of rotatable bonds is 6. The molecule has 4 N–H and O–H groups in total. The molecule has 2 atom stereocenters. The van der Waals surface area contributed by atoms with Crippen LogP contribution < -0.4 is 11.1 Å². The molecule has 0 aliphatic carbocycles. The Labute approximate surface area is 100.0 Å². The molecular formula is C10H19N3O4. The molecule has 2 amide bonds. The third-order valence-corrected chi connectivity index (χ3v) is 2.12. The second-order valence-electron chi connectivity index (χ2n) is 4.01. The minimum atomic E-state index is -1.02. The van der Waals surface area contributed by atoms with Crippen LogP contribution in [0.4, 0.5) is 0 Å². The number of nitrogens with one attached hydrogen (secondary N) is 1. The summed E-state index contributed by atoms with van der Waals surface area (Å²) in [6.07, 6.45) is -0.145. The second kappa shape index (κ2) is 6.85. The maximum absolute atomic E-state index is 11.7. The fraction of sp³-hybridized carbons (Fsp3) is 0.700. The van der Waals surface area contributed by atoms with Gasteiger partial charge in [-0.15, -0.1) is 0 Å². The molecule has 0 aliphatic heterocycles. The minimum absolute atomic E-state index is 0.0464. The average molecular weight is 245 g/mol. The maximum Gasteiger partial charge on any atom is 0.303 e. The predicted octanol–water partition coefficient (Wildman–Crippen LogP) is -1.23. The predicted molar refractivity (Wildman–Crippen MR) is 61.1 cm³/mol. The lowest BCUT2D eigenvalue weighted by molar-refractivity contribution is -0.139. The first-order valence-corrected chi connectivity index (χ1v) is 5.24. The molecule has 0 aromatic heterocycles. The van der Waals surface area contributed by atoms with Crippen LogP contribution in [0.5, 0.6) is 0 Å². The monoisotopic (exact) mass is 245 g/mol. The summed E-state index contributed by atoms with van der Waals surface area (Å²) in [4.78, 5) is 34.8. The molecule has 0 saturated heterocycles. The number of carboxylic acid groups (broad SMARTS) is 1. The molecule has 0 aliphatic rings. The largest absolute Gasteiger partial charge is 0.481 e. The maximum atomic E-state index is 11.7. The molecule has 98 valence electrons. The lowest BCUT2D eigenvalue weighted by Crippen LogP contribution is -2.50. The van der Waals surface area contributed by atoms with E-state index in [4.69, 9.17) is 10.8 Å². The lowest BCUT2D eigenvalue weighted by atomic mass is 10.1. The van der Waals surface area contributed by atoms with Gasteiger partial charge in [-0.3, -0.25) is 14.4 Å². The van der Waals surface area contributed by atoms with E-state index in [9.17, 15) is 14.4 Å². The van der Waals surface area contributed by atoms with Crippen LogP contribution in [0, 0.1) is 0 Å². The van der Waals surface area contributed by atoms with Crippen LogP contribution in [0.1, 0.15) is 19.8 Å². The van der Waals surface area contributed by atoms with Crippen molar-refractivity contribution in [3.63, 3.8) is 0 Å². The highest BCUT2D eigenvalue weighted by Gasteiger charge is 2.24. The summed E-state index contributed by atoms with van der Waals surface area (Å²) < 4.78 is 0. The number of likely N-dealkylation sites (N-methyl/N-ethyl adjacent to an activating group) is 1. The molecule has 0 radical (unpaired) electrons. The second-order valence-corrected chi connectivity index (χ2v) is 4.01. The van der Waals surface area contributed by atoms with E-state index in [2.05, 4.69) is 5.32 Å². The highest BCUT2D eigenvalue weighted by molar-refractivity contribution is 5.89. The third kappa shape index (κ3) is 5.86. The number of carbonyl (C=O) groups excluding carboxylic acids is 2. The highest BCUT2D eigenvalue weighted by atomic mass is 16.4. The molecule has 0 spiro atoms. The fourth-order valence-corrected chi connectivity index (χ4v) is 1.14. The molecule has 17 heavy (non-hydrogen) atoms. The Balaban J connectivity index is 4.56. The zero-order valence-corrected chi connectivity index (χ0v) is 10.3. The van der Waals surface area contributed by atoms with Crippen molar-refractivity contribution in [1.29, 1.82) is 0 Å². The van der Waals surface area contributed by atoms with Crippen molar-refractivity contribution >= 4 is 17.8 Å². The first-order chi connectivity index (χ1) is 7.75. The first-order valence-electron chi connectivity index (χ1n) is 5.24. The van der Waals surface area contributed by atoms with Gasteiger partial charge in [-0.2, -0.15) is 0 Å². The van der Waals surface area contributed by atoms with E-state index >= 15 is 0 Å². The number of amides is 2. The normalized spacial score (nSPS) is 13.6. The van der Waals surface area contributed by atoms with Crippen molar-refractivity contribution in [2.45, 2.75) is 31.8 Å². The van der Waals surface area contributed by atoms with Crippen molar-refractivity contribution in [2.75, 3.05) is 14.1 Å². The van der Waals surface area contributed by atoms with E-state index in [0.29, 0.717) is 0 Å². The number of carboxylic acids is 1. The van der Waals surface area contributed by atoms with E-state index in [1.54, 1.807) is 0 Å². The van der Waals surface area contributed by atoms with Crippen molar-refractivity contribution in [3.8, 4) is 0 Å². The van der Waals surface area contributed by atoms with Crippen LogP contribution in [0.2, 0.25) is 0 Å². The molecule has 0 unspecified atom stereocenters. The zero-order valence-electron chi connectivity index (χ0n) is 10.3. The molecule has 7 nitrogen and oxygen atoms in total. The van der Waals surface area contributed by atoms with Gasteiger partial charge in [-0.1, -0.05) is 0 Å². The SMILES string of the molecule is C[C@H](N)C(=O)N[C@H](CCC(=O)O)C(=O)N(C)C. The van der Waals surface area contributed by atoms with Crippen molar-refractivity contribution < 1.29 is 19.5 Å². The van der Waals surface area contributed by atoms with Gasteiger partial charge in [0.1, 0.15) is 6.04 Å². The van der Waals surface area contributed by atoms with Gasteiger partial charge in [0.05, 0.1) is 6.04 Å². The molecule has 0 bridgehead atoms. The Morgan fingerprint density at radius 1 is 1.35 bits per heavy atom. The van der Waals surface area contributed by atoms with Gasteiger partial charge in [0, 0.05) is 20.5 Å². The number of nitrogens with two attached hydrogens (primary N) is 1. The quantitative estimate of drug-likeness (QED) is 0.542. The van der Waals surface area contributed by atoms with Gasteiger partial charge < -0.3 is 21.1 Å². The van der Waals surface area contributed by atoms with Gasteiger partial charge in [-0.25, -0.2) is 0 Å². The Hall–Kier alpha value is -1.63. The summed E-state index contributed by atoms with van der Waals surface area (Å²) in [5.74, 6) is -1.84. The fourth-order valence-electron chi connectivity index (χ4n) is 1.14. The van der Waals surface area contributed by atoms with Crippen molar-refractivity contribution in [1.82, 2.24) is 10.2 Å². The molecule has 0 rings (SSSR count). The van der Waals surface area contributed by atoms with Crippen LogP contribution >= 0.6 is 0 Å². The van der Waals surface area contributed by atoms with Crippen molar-refractivity contribution in [3.05, 3.63) is 0 Å². The number of carbonyl (C=O) groups is 3. The zero-order chi connectivity index (χ0) is 13.6. The molecule has 0 aromatic carbocycles. The summed E-state index contributed by atoms with van der Waals surface area (Å²) in [7, 11) is 3.07. The van der Waals surface area contributed by atoms with E-state index < -0.39 is 24.0 Å². The number of hydrogen-bond acceptors (Lipinski definition) is 4. The van der Waals surface area contributed by atoms with Crippen LogP contribution in [0.3, 0.4) is 0 Å². The highest BCUT2D eigenvalue weighted by Crippen LogP contribution is 2.01. The van der Waals surface area contributed by atoms with E-state index in [1.807, 2.05) is 0 Å². The molecule has 0 aromatic rings. The Bertz CT molecular complexity index is 302. The summed E-state index contributed by atoms with van der Waals surface area (Å²) >= 11 is 0. The average Bonchev–Trinajstić information content (AvgIpc) is 2.22. The Kier molecular flexibility index (Phi) is 6.19. The molecule has 0 fully saturated rings. The van der Waals surface area contributed by atoms with E-state index in [0.717, 1.165) is 0 Å². The molecular weight excluding hydrogens is 226 g/mol. The lowest BCUT2D eigenvalue weighted by Gasteiger charge is -2.22. The topological polar surface area (TPSA) is 113 Å². The standard InChI is InChI=1S/C10H19N3O4/c1-6(11)9(16)12-7(4-5-8(14)15)10(17)13(2)3/h6-7H,4-5,11H2,1-3H3,(H,12,16)(H,14,15)/t6-,7+/m0/s1. The minimum Gasteiger partial charge on any atom is -0.481 e. The molecule has 7 heteroatoms. The first kappa shape index (κ1) is 15.4. The van der Waals surface area contributed by atoms with Crippen LogP contribution in [0.15, 0.2) is 0 Å². The van der Waals surface area contributed by atoms with Gasteiger partial charge in [0.15, 0.2) is 0 Å². The number of nitrogens with zero attached hydrogens (tertiary/aromatic N) is 1. The van der Waals surface area contributed by atoms with Gasteiger partial charge >= 0.3 is 5.97 Å². The summed E-state index contributed by atoms with van der Waals surface area (Å²) in [6, 6.07) is -1.59. The smallest absolute Gasteiger partial charge is 0.303 e. The van der Waals surface area contributed by atoms with E-state index in [1.165, 1.54) is 25.9 Å². The van der Waals surface area contributed by atoms with Crippen molar-refractivity contribution in [2.24, 2.45) is 5.73 Å². The summed E-state index contributed by atoms with van der Waals surface area (Å²) in [5.41, 5.74) is 5.36. The molecule has 0 heterocycles. The Morgan fingerprint density at radius 2 is 1.88 bits per heavy atom. The van der Waals surface area contributed by atoms with Gasteiger partial charge in [0.2, 0.25) is 11.8 Å². The number of hydrogen-bond donors (Lipinski definition) is 3. The third-order valence-electron chi connectivity index (χ3n) is 2.12.